The maximum atomic E-state index is 13.3. The summed E-state index contributed by atoms with van der Waals surface area (Å²) in [6.07, 6.45) is 0.918. The number of nitrogens with two attached hydrogens (primary N) is 1. The molecule has 0 bridgehead atoms. The summed E-state index contributed by atoms with van der Waals surface area (Å²) >= 11 is 5.70. The van der Waals surface area contributed by atoms with Gasteiger partial charge in [-0.05, 0) is 24.0 Å². The van der Waals surface area contributed by atoms with E-state index in [4.69, 9.17) is 17.3 Å². The molecule has 0 unspecified atom stereocenters. The highest BCUT2D eigenvalue weighted by atomic mass is 35.5. The SMILES string of the molecule is CC1(C)C[C@@H]1NC(=O)c1cc(Cl)cc(F)c1N. The van der Waals surface area contributed by atoms with E-state index in [0.29, 0.717) is 0 Å². The van der Waals surface area contributed by atoms with E-state index < -0.39 is 5.82 Å². The van der Waals surface area contributed by atoms with Crippen molar-refractivity contribution in [2.75, 3.05) is 5.73 Å². The van der Waals surface area contributed by atoms with Crippen molar-refractivity contribution in [1.82, 2.24) is 5.32 Å². The molecular weight excluding hydrogens is 243 g/mol. The lowest BCUT2D eigenvalue weighted by Gasteiger charge is -2.09. The zero-order valence-electron chi connectivity index (χ0n) is 9.68. The second-order valence-corrected chi connectivity index (χ2v) is 5.50. The first kappa shape index (κ1) is 12.2. The second kappa shape index (κ2) is 3.88. The van der Waals surface area contributed by atoms with Crippen LogP contribution < -0.4 is 11.1 Å². The average molecular weight is 257 g/mol. The van der Waals surface area contributed by atoms with Gasteiger partial charge < -0.3 is 11.1 Å². The van der Waals surface area contributed by atoms with Crippen molar-refractivity contribution < 1.29 is 9.18 Å². The number of amides is 1. The molecule has 92 valence electrons. The summed E-state index contributed by atoms with van der Waals surface area (Å²) in [5.74, 6) is -1.04. The van der Waals surface area contributed by atoms with Crippen molar-refractivity contribution in [2.24, 2.45) is 5.41 Å². The Morgan fingerprint density at radius 2 is 2.18 bits per heavy atom. The smallest absolute Gasteiger partial charge is 0.253 e. The van der Waals surface area contributed by atoms with Crippen LogP contribution in [0.2, 0.25) is 5.02 Å². The lowest BCUT2D eigenvalue weighted by Crippen LogP contribution is -2.29. The summed E-state index contributed by atoms with van der Waals surface area (Å²) in [5, 5.41) is 2.98. The molecule has 1 saturated carbocycles. The van der Waals surface area contributed by atoms with E-state index >= 15 is 0 Å². The fourth-order valence-corrected chi connectivity index (χ4v) is 1.93. The number of anilines is 1. The van der Waals surface area contributed by atoms with Crippen LogP contribution in [0.4, 0.5) is 10.1 Å². The molecule has 1 aliphatic carbocycles. The minimum atomic E-state index is -0.669. The highest BCUT2D eigenvalue weighted by molar-refractivity contribution is 6.31. The van der Waals surface area contributed by atoms with Gasteiger partial charge in [-0.15, -0.1) is 0 Å². The maximum absolute atomic E-state index is 13.3. The monoisotopic (exact) mass is 256 g/mol. The fourth-order valence-electron chi connectivity index (χ4n) is 1.72. The van der Waals surface area contributed by atoms with E-state index in [1.165, 1.54) is 6.07 Å². The number of carbonyl (C=O) groups excluding carboxylic acids is 1. The van der Waals surface area contributed by atoms with Gasteiger partial charge in [0.15, 0.2) is 0 Å². The molecule has 3 nitrogen and oxygen atoms in total. The minimum absolute atomic E-state index is 0.0951. The summed E-state index contributed by atoms with van der Waals surface area (Å²) in [4.78, 5) is 11.9. The predicted molar refractivity (Wildman–Crippen MR) is 65.5 cm³/mol. The Bertz CT molecular complexity index is 488. The van der Waals surface area contributed by atoms with Crippen LogP contribution in [0.5, 0.6) is 0 Å². The van der Waals surface area contributed by atoms with Crippen molar-refractivity contribution in [2.45, 2.75) is 26.3 Å². The van der Waals surface area contributed by atoms with Gasteiger partial charge in [-0.25, -0.2) is 4.39 Å². The molecule has 1 aromatic rings. The Morgan fingerprint density at radius 3 is 2.71 bits per heavy atom. The highest BCUT2D eigenvalue weighted by Gasteiger charge is 2.46. The number of rotatable bonds is 2. The number of nitrogen functional groups attached to an aromatic ring is 1. The van der Waals surface area contributed by atoms with Gasteiger partial charge in [-0.3, -0.25) is 4.79 Å². The van der Waals surface area contributed by atoms with E-state index in [1.54, 1.807) is 0 Å². The molecular formula is C12H14ClFN2O. The normalized spacial score (nSPS) is 21.1. The van der Waals surface area contributed by atoms with E-state index in [1.807, 2.05) is 0 Å². The molecule has 0 aromatic heterocycles. The summed E-state index contributed by atoms with van der Waals surface area (Å²) < 4.78 is 13.3. The van der Waals surface area contributed by atoms with Crippen molar-refractivity contribution in [3.05, 3.63) is 28.5 Å². The summed E-state index contributed by atoms with van der Waals surface area (Å²) in [6.45, 7) is 4.11. The van der Waals surface area contributed by atoms with Crippen molar-refractivity contribution in [3.63, 3.8) is 0 Å². The standard InChI is InChI=1S/C12H14ClFN2O/c1-12(2)5-9(12)16-11(17)7-3-6(13)4-8(14)10(7)15/h3-4,9H,5,15H2,1-2H3,(H,16,17)/t9-/m0/s1. The van der Waals surface area contributed by atoms with Gasteiger partial charge in [0.25, 0.3) is 5.91 Å². The molecule has 0 heterocycles. The van der Waals surface area contributed by atoms with Gasteiger partial charge in [-0.1, -0.05) is 25.4 Å². The zero-order chi connectivity index (χ0) is 12.8. The lowest BCUT2D eigenvalue weighted by atomic mass is 10.1. The molecule has 1 aromatic carbocycles. The molecule has 1 atom stereocenters. The summed E-state index contributed by atoms with van der Waals surface area (Å²) in [7, 11) is 0. The summed E-state index contributed by atoms with van der Waals surface area (Å²) in [6, 6.07) is 2.59. The second-order valence-electron chi connectivity index (χ2n) is 5.07. The van der Waals surface area contributed by atoms with Crippen molar-refractivity contribution in [1.29, 1.82) is 0 Å². The number of halogens is 2. The van der Waals surface area contributed by atoms with Gasteiger partial charge in [0.2, 0.25) is 0 Å². The van der Waals surface area contributed by atoms with Crippen LogP contribution in [0.25, 0.3) is 0 Å². The van der Waals surface area contributed by atoms with Crippen molar-refractivity contribution in [3.8, 4) is 0 Å². The Morgan fingerprint density at radius 1 is 1.59 bits per heavy atom. The number of hydrogen-bond acceptors (Lipinski definition) is 2. The molecule has 2 rings (SSSR count). The van der Waals surface area contributed by atoms with E-state index in [0.717, 1.165) is 12.5 Å². The van der Waals surface area contributed by atoms with Gasteiger partial charge in [0.05, 0.1) is 11.3 Å². The molecule has 1 amide bonds. The minimum Gasteiger partial charge on any atom is -0.396 e. The highest BCUT2D eigenvalue weighted by Crippen LogP contribution is 2.44. The molecule has 0 saturated heterocycles. The molecule has 1 aliphatic rings. The largest absolute Gasteiger partial charge is 0.396 e. The number of carbonyl (C=O) groups is 1. The number of benzene rings is 1. The topological polar surface area (TPSA) is 55.1 Å². The van der Waals surface area contributed by atoms with Crippen LogP contribution in [0, 0.1) is 11.2 Å². The molecule has 0 spiro atoms. The molecule has 0 aliphatic heterocycles. The fraction of sp³-hybridized carbons (Fsp3) is 0.417. The predicted octanol–water partition coefficient (Wildman–Crippen LogP) is 2.59. The van der Waals surface area contributed by atoms with Crippen LogP contribution in [-0.2, 0) is 0 Å². The third-order valence-electron chi connectivity index (χ3n) is 3.16. The molecule has 0 radical (unpaired) electrons. The third kappa shape index (κ3) is 2.36. The first-order valence-corrected chi connectivity index (χ1v) is 5.74. The molecule has 3 N–H and O–H groups in total. The Kier molecular flexibility index (Phi) is 2.78. The molecule has 1 fully saturated rings. The Hall–Kier alpha value is -1.29. The zero-order valence-corrected chi connectivity index (χ0v) is 10.4. The van der Waals surface area contributed by atoms with Gasteiger partial charge in [0, 0.05) is 11.1 Å². The molecule has 17 heavy (non-hydrogen) atoms. The average Bonchev–Trinajstić information content (AvgIpc) is 2.79. The molecule has 5 heteroatoms. The van der Waals surface area contributed by atoms with E-state index in [2.05, 4.69) is 19.2 Å². The first-order valence-electron chi connectivity index (χ1n) is 5.36. The van der Waals surface area contributed by atoms with Crippen LogP contribution >= 0.6 is 11.6 Å². The number of hydrogen-bond donors (Lipinski definition) is 2. The Balaban J connectivity index is 2.20. The van der Waals surface area contributed by atoms with Gasteiger partial charge in [0.1, 0.15) is 5.82 Å². The van der Waals surface area contributed by atoms with Crippen LogP contribution in [0.15, 0.2) is 12.1 Å². The van der Waals surface area contributed by atoms with Gasteiger partial charge >= 0.3 is 0 Å². The van der Waals surface area contributed by atoms with Crippen LogP contribution in [0.3, 0.4) is 0 Å². The third-order valence-corrected chi connectivity index (χ3v) is 3.38. The van der Waals surface area contributed by atoms with E-state index in [9.17, 15) is 9.18 Å². The maximum Gasteiger partial charge on any atom is 0.253 e. The van der Waals surface area contributed by atoms with Crippen LogP contribution in [0.1, 0.15) is 30.6 Å². The van der Waals surface area contributed by atoms with E-state index in [-0.39, 0.29) is 33.6 Å². The van der Waals surface area contributed by atoms with Crippen molar-refractivity contribution >= 4 is 23.2 Å². The number of nitrogens with one attached hydrogen (secondary N) is 1. The Labute approximate surface area is 104 Å². The summed E-state index contributed by atoms with van der Waals surface area (Å²) in [5.41, 5.74) is 5.57. The van der Waals surface area contributed by atoms with Crippen LogP contribution in [-0.4, -0.2) is 11.9 Å². The van der Waals surface area contributed by atoms with Gasteiger partial charge in [-0.2, -0.15) is 0 Å². The quantitative estimate of drug-likeness (QED) is 0.799. The first-order chi connectivity index (χ1) is 7.81. The lowest BCUT2D eigenvalue weighted by molar-refractivity contribution is 0.0947.